The van der Waals surface area contributed by atoms with Crippen LogP contribution in [0.5, 0.6) is 11.5 Å². The molecule has 5 rings (SSSR count). The monoisotopic (exact) mass is 443 g/mol. The minimum atomic E-state index is 0.0486. The number of carbonyl (C=O) groups excluding carboxylic acids is 1. The number of carbonyl (C=O) groups is 1. The Hall–Kier alpha value is -3.61. The Bertz CT molecular complexity index is 1040. The summed E-state index contributed by atoms with van der Waals surface area (Å²) >= 11 is 0. The molecule has 0 N–H and O–H groups in total. The lowest BCUT2D eigenvalue weighted by Gasteiger charge is -2.35. The van der Waals surface area contributed by atoms with Crippen molar-refractivity contribution in [2.75, 3.05) is 49.1 Å². The SMILES string of the molecule is O=C(c1ccc(Oc2ccccc2)cc1)N1CCN(c2ccc(N3CCCCC3)nn2)CC1. The second-order valence-electron chi connectivity index (χ2n) is 8.52. The Morgan fingerprint density at radius 1 is 0.636 bits per heavy atom. The molecule has 0 spiro atoms. The largest absolute Gasteiger partial charge is 0.457 e. The predicted octanol–water partition coefficient (Wildman–Crippen LogP) is 4.22. The first-order valence-corrected chi connectivity index (χ1v) is 11.7. The number of anilines is 2. The summed E-state index contributed by atoms with van der Waals surface area (Å²) in [5, 5.41) is 8.93. The van der Waals surface area contributed by atoms with Crippen molar-refractivity contribution in [3.05, 3.63) is 72.3 Å². The molecule has 33 heavy (non-hydrogen) atoms. The normalized spacial score (nSPS) is 16.5. The van der Waals surface area contributed by atoms with Crippen molar-refractivity contribution in [3.63, 3.8) is 0 Å². The van der Waals surface area contributed by atoms with Crippen LogP contribution in [-0.2, 0) is 0 Å². The molecule has 0 unspecified atom stereocenters. The molecule has 7 nitrogen and oxygen atoms in total. The van der Waals surface area contributed by atoms with Gasteiger partial charge in [-0.05, 0) is 67.8 Å². The van der Waals surface area contributed by atoms with Gasteiger partial charge in [0, 0.05) is 44.8 Å². The van der Waals surface area contributed by atoms with Gasteiger partial charge in [0.05, 0.1) is 0 Å². The molecular weight excluding hydrogens is 414 g/mol. The van der Waals surface area contributed by atoms with E-state index < -0.39 is 0 Å². The quantitative estimate of drug-likeness (QED) is 0.588. The lowest BCUT2D eigenvalue weighted by atomic mass is 10.1. The van der Waals surface area contributed by atoms with Crippen molar-refractivity contribution in [3.8, 4) is 11.5 Å². The summed E-state index contributed by atoms with van der Waals surface area (Å²) in [6.07, 6.45) is 3.75. The van der Waals surface area contributed by atoms with Gasteiger partial charge in [-0.3, -0.25) is 4.79 Å². The maximum absolute atomic E-state index is 13.0. The third-order valence-corrected chi connectivity index (χ3v) is 6.29. The summed E-state index contributed by atoms with van der Waals surface area (Å²) in [5.41, 5.74) is 0.675. The van der Waals surface area contributed by atoms with Crippen LogP contribution in [0.3, 0.4) is 0 Å². The van der Waals surface area contributed by atoms with Crippen LogP contribution in [0.25, 0.3) is 0 Å². The topological polar surface area (TPSA) is 61.8 Å². The van der Waals surface area contributed by atoms with E-state index in [2.05, 4.69) is 32.1 Å². The number of piperazine rings is 1. The average molecular weight is 444 g/mol. The molecule has 3 aromatic rings. The number of piperidine rings is 1. The van der Waals surface area contributed by atoms with Gasteiger partial charge in [0.2, 0.25) is 0 Å². The van der Waals surface area contributed by atoms with E-state index in [9.17, 15) is 4.79 Å². The molecule has 2 aliphatic rings. The van der Waals surface area contributed by atoms with Crippen molar-refractivity contribution in [1.29, 1.82) is 0 Å². The number of amides is 1. The predicted molar refractivity (Wildman–Crippen MR) is 129 cm³/mol. The van der Waals surface area contributed by atoms with E-state index in [1.165, 1.54) is 19.3 Å². The van der Waals surface area contributed by atoms with Crippen molar-refractivity contribution < 1.29 is 9.53 Å². The fraction of sp³-hybridized carbons (Fsp3) is 0.346. The lowest BCUT2D eigenvalue weighted by Crippen LogP contribution is -2.49. The second kappa shape index (κ2) is 9.90. The molecule has 0 atom stereocenters. The Balaban J connectivity index is 1.15. The number of hydrogen-bond donors (Lipinski definition) is 0. The fourth-order valence-corrected chi connectivity index (χ4v) is 4.39. The van der Waals surface area contributed by atoms with Crippen LogP contribution < -0.4 is 14.5 Å². The van der Waals surface area contributed by atoms with E-state index in [0.717, 1.165) is 43.6 Å². The Labute approximate surface area is 194 Å². The number of aromatic nitrogens is 2. The van der Waals surface area contributed by atoms with E-state index in [0.29, 0.717) is 24.4 Å². The molecule has 0 saturated carbocycles. The maximum atomic E-state index is 13.0. The standard InChI is InChI=1S/C26H29N5O2/c32-26(21-9-11-23(12-10-21)33-22-7-3-1-4-8-22)31-19-17-30(18-20-31)25-14-13-24(27-28-25)29-15-5-2-6-16-29/h1,3-4,7-14H,2,5-6,15-20H2. The number of ether oxygens (including phenoxy) is 1. The summed E-state index contributed by atoms with van der Waals surface area (Å²) in [6, 6.07) is 21.1. The van der Waals surface area contributed by atoms with E-state index >= 15 is 0 Å². The van der Waals surface area contributed by atoms with Crippen molar-refractivity contribution in [1.82, 2.24) is 15.1 Å². The molecule has 0 aliphatic carbocycles. The zero-order valence-electron chi connectivity index (χ0n) is 18.8. The van der Waals surface area contributed by atoms with Crippen molar-refractivity contribution in [2.24, 2.45) is 0 Å². The first-order valence-electron chi connectivity index (χ1n) is 11.7. The molecule has 7 heteroatoms. The molecule has 2 aliphatic heterocycles. The molecule has 1 amide bonds. The number of rotatable bonds is 5. The fourth-order valence-electron chi connectivity index (χ4n) is 4.39. The average Bonchev–Trinajstić information content (AvgIpc) is 2.90. The molecule has 2 saturated heterocycles. The summed E-state index contributed by atoms with van der Waals surface area (Å²) in [4.78, 5) is 19.4. The lowest BCUT2D eigenvalue weighted by molar-refractivity contribution is 0.0746. The van der Waals surface area contributed by atoms with Crippen LogP contribution in [0.2, 0.25) is 0 Å². The first-order chi connectivity index (χ1) is 16.3. The number of nitrogens with zero attached hydrogens (tertiary/aromatic N) is 5. The molecule has 3 heterocycles. The highest BCUT2D eigenvalue weighted by atomic mass is 16.5. The van der Waals surface area contributed by atoms with Gasteiger partial charge >= 0.3 is 0 Å². The molecule has 0 radical (unpaired) electrons. The van der Waals surface area contributed by atoms with Crippen molar-refractivity contribution in [2.45, 2.75) is 19.3 Å². The van der Waals surface area contributed by atoms with Gasteiger partial charge in [-0.1, -0.05) is 18.2 Å². The minimum absolute atomic E-state index is 0.0486. The zero-order chi connectivity index (χ0) is 22.5. The molecule has 2 aromatic carbocycles. The number of para-hydroxylation sites is 1. The van der Waals surface area contributed by atoms with Gasteiger partial charge in [0.15, 0.2) is 11.6 Å². The van der Waals surface area contributed by atoms with Gasteiger partial charge < -0.3 is 19.4 Å². The molecule has 2 fully saturated rings. The van der Waals surface area contributed by atoms with Crippen molar-refractivity contribution >= 4 is 17.5 Å². The van der Waals surface area contributed by atoms with Gasteiger partial charge in [0.1, 0.15) is 11.5 Å². The second-order valence-corrected chi connectivity index (χ2v) is 8.52. The Morgan fingerprint density at radius 3 is 1.82 bits per heavy atom. The molecule has 170 valence electrons. The van der Waals surface area contributed by atoms with Crippen LogP contribution >= 0.6 is 0 Å². The molecule has 1 aromatic heterocycles. The van der Waals surface area contributed by atoms with Crippen LogP contribution in [0.4, 0.5) is 11.6 Å². The summed E-state index contributed by atoms with van der Waals surface area (Å²) in [7, 11) is 0. The number of benzene rings is 2. The highest BCUT2D eigenvalue weighted by molar-refractivity contribution is 5.94. The smallest absolute Gasteiger partial charge is 0.253 e. The van der Waals surface area contributed by atoms with E-state index in [1.54, 1.807) is 0 Å². The van der Waals surface area contributed by atoms with Crippen LogP contribution in [0.15, 0.2) is 66.7 Å². The van der Waals surface area contributed by atoms with Gasteiger partial charge in [-0.25, -0.2) is 0 Å². The van der Waals surface area contributed by atoms with Gasteiger partial charge in [0.25, 0.3) is 5.91 Å². The highest BCUT2D eigenvalue weighted by Crippen LogP contribution is 2.23. The van der Waals surface area contributed by atoms with E-state index in [1.807, 2.05) is 59.5 Å². The van der Waals surface area contributed by atoms with E-state index in [-0.39, 0.29) is 5.91 Å². The van der Waals surface area contributed by atoms with Crippen LogP contribution in [-0.4, -0.2) is 60.3 Å². The highest BCUT2D eigenvalue weighted by Gasteiger charge is 2.23. The Morgan fingerprint density at radius 2 is 1.21 bits per heavy atom. The van der Waals surface area contributed by atoms with Crippen LogP contribution in [0, 0.1) is 0 Å². The molecular formula is C26H29N5O2. The third kappa shape index (κ3) is 5.08. The number of hydrogen-bond acceptors (Lipinski definition) is 6. The zero-order valence-corrected chi connectivity index (χ0v) is 18.8. The van der Waals surface area contributed by atoms with Crippen LogP contribution in [0.1, 0.15) is 29.6 Å². The Kier molecular flexibility index (Phi) is 6.37. The molecule has 0 bridgehead atoms. The summed E-state index contributed by atoms with van der Waals surface area (Å²) in [6.45, 7) is 4.95. The van der Waals surface area contributed by atoms with Gasteiger partial charge in [-0.15, -0.1) is 10.2 Å². The van der Waals surface area contributed by atoms with Gasteiger partial charge in [-0.2, -0.15) is 0 Å². The summed E-state index contributed by atoms with van der Waals surface area (Å²) < 4.78 is 5.82. The summed E-state index contributed by atoms with van der Waals surface area (Å²) in [5.74, 6) is 3.39. The maximum Gasteiger partial charge on any atom is 0.253 e. The first kappa shape index (κ1) is 21.2. The van der Waals surface area contributed by atoms with E-state index in [4.69, 9.17) is 4.74 Å². The minimum Gasteiger partial charge on any atom is -0.457 e. The third-order valence-electron chi connectivity index (χ3n) is 6.29.